The van der Waals surface area contributed by atoms with E-state index in [1.165, 1.54) is 26.4 Å². The van der Waals surface area contributed by atoms with Crippen LogP contribution in [0.1, 0.15) is 5.56 Å². The summed E-state index contributed by atoms with van der Waals surface area (Å²) in [6.07, 6.45) is 0. The molecule has 0 saturated carbocycles. The van der Waals surface area contributed by atoms with E-state index in [1.807, 2.05) is 0 Å². The molecule has 0 aliphatic carbocycles. The van der Waals surface area contributed by atoms with Crippen molar-refractivity contribution < 1.29 is 22.3 Å². The smallest absolute Gasteiger partial charge is 0.236 e. The van der Waals surface area contributed by atoms with Crippen molar-refractivity contribution in [3.63, 3.8) is 0 Å². The first kappa shape index (κ1) is 13.1. The van der Waals surface area contributed by atoms with Gasteiger partial charge in [-0.2, -0.15) is 0 Å². The maximum atomic E-state index is 13.7. The normalized spacial score (nSPS) is 11.2. The molecular formula is C9H10ClFO4S. The Kier molecular flexibility index (Phi) is 3.98. The average molecular weight is 269 g/mol. The summed E-state index contributed by atoms with van der Waals surface area (Å²) in [4.78, 5) is 0. The molecule has 1 aromatic rings. The summed E-state index contributed by atoms with van der Waals surface area (Å²) < 4.78 is 45.0. The summed E-state index contributed by atoms with van der Waals surface area (Å²) >= 11 is 0. The highest BCUT2D eigenvalue weighted by Crippen LogP contribution is 2.32. The third-order valence-electron chi connectivity index (χ3n) is 1.89. The molecule has 0 aliphatic heterocycles. The number of methoxy groups -OCH3 is 2. The number of benzene rings is 1. The lowest BCUT2D eigenvalue weighted by molar-refractivity contribution is 0.336. The maximum Gasteiger partial charge on any atom is 0.236 e. The van der Waals surface area contributed by atoms with E-state index in [-0.39, 0.29) is 17.1 Å². The van der Waals surface area contributed by atoms with E-state index in [2.05, 4.69) is 0 Å². The summed E-state index contributed by atoms with van der Waals surface area (Å²) in [5.41, 5.74) is -0.0624. The van der Waals surface area contributed by atoms with Gasteiger partial charge in [-0.1, -0.05) is 6.07 Å². The Bertz CT molecular complexity index is 487. The van der Waals surface area contributed by atoms with Crippen LogP contribution in [0.5, 0.6) is 11.5 Å². The zero-order valence-electron chi connectivity index (χ0n) is 8.66. The zero-order chi connectivity index (χ0) is 12.3. The van der Waals surface area contributed by atoms with Gasteiger partial charge in [-0.25, -0.2) is 12.8 Å². The van der Waals surface area contributed by atoms with Crippen molar-refractivity contribution in [1.29, 1.82) is 0 Å². The quantitative estimate of drug-likeness (QED) is 0.783. The van der Waals surface area contributed by atoms with E-state index in [0.717, 1.165) is 0 Å². The molecule has 16 heavy (non-hydrogen) atoms. The van der Waals surface area contributed by atoms with Crippen LogP contribution < -0.4 is 9.47 Å². The topological polar surface area (TPSA) is 52.6 Å². The average Bonchev–Trinajstić information content (AvgIpc) is 2.19. The lowest BCUT2D eigenvalue weighted by atomic mass is 10.2. The van der Waals surface area contributed by atoms with E-state index >= 15 is 0 Å². The standard InChI is InChI=1S/C9H10ClFO4S/c1-14-7-4-3-6(5-16(10,12)13)8(11)9(7)15-2/h3-4H,5H2,1-2H3. The van der Waals surface area contributed by atoms with Crippen molar-refractivity contribution in [2.24, 2.45) is 0 Å². The van der Waals surface area contributed by atoms with E-state index < -0.39 is 20.6 Å². The van der Waals surface area contributed by atoms with E-state index in [1.54, 1.807) is 0 Å². The molecule has 0 N–H and O–H groups in total. The van der Waals surface area contributed by atoms with Crippen molar-refractivity contribution in [2.75, 3.05) is 14.2 Å². The Morgan fingerprint density at radius 3 is 2.38 bits per heavy atom. The Morgan fingerprint density at radius 2 is 1.94 bits per heavy atom. The number of hydrogen-bond acceptors (Lipinski definition) is 4. The predicted octanol–water partition coefficient (Wildman–Crippen LogP) is 1.91. The van der Waals surface area contributed by atoms with Gasteiger partial charge >= 0.3 is 0 Å². The molecule has 4 nitrogen and oxygen atoms in total. The first-order valence-corrected chi connectivity index (χ1v) is 6.68. The van der Waals surface area contributed by atoms with Crippen molar-refractivity contribution in [1.82, 2.24) is 0 Å². The summed E-state index contributed by atoms with van der Waals surface area (Å²) in [5.74, 6) is -1.33. The van der Waals surface area contributed by atoms with Gasteiger partial charge in [-0.15, -0.1) is 0 Å². The Balaban J connectivity index is 3.24. The van der Waals surface area contributed by atoms with Gasteiger partial charge < -0.3 is 9.47 Å². The molecule has 0 aromatic heterocycles. The SMILES string of the molecule is COc1ccc(CS(=O)(=O)Cl)c(F)c1OC. The molecule has 1 aromatic carbocycles. The molecule has 0 amide bonds. The van der Waals surface area contributed by atoms with E-state index in [0.29, 0.717) is 0 Å². The van der Waals surface area contributed by atoms with Crippen LogP contribution in [0.4, 0.5) is 4.39 Å². The molecule has 0 spiro atoms. The fourth-order valence-electron chi connectivity index (χ4n) is 1.23. The molecule has 0 fully saturated rings. The number of ether oxygens (including phenoxy) is 2. The Morgan fingerprint density at radius 1 is 1.31 bits per heavy atom. The number of hydrogen-bond donors (Lipinski definition) is 0. The molecule has 0 unspecified atom stereocenters. The highest BCUT2D eigenvalue weighted by Gasteiger charge is 2.18. The number of rotatable bonds is 4. The van der Waals surface area contributed by atoms with Crippen molar-refractivity contribution >= 4 is 19.7 Å². The van der Waals surface area contributed by atoms with Gasteiger partial charge in [0.2, 0.25) is 9.05 Å². The molecule has 0 heterocycles. The van der Waals surface area contributed by atoms with Crippen LogP contribution >= 0.6 is 10.7 Å². The highest BCUT2D eigenvalue weighted by atomic mass is 35.7. The Labute approximate surface area is 97.4 Å². The molecule has 1 rings (SSSR count). The molecule has 7 heteroatoms. The molecule has 0 bridgehead atoms. The second-order valence-electron chi connectivity index (χ2n) is 2.96. The van der Waals surface area contributed by atoms with Gasteiger partial charge in [-0.3, -0.25) is 0 Å². The lowest BCUT2D eigenvalue weighted by Crippen LogP contribution is -2.02. The van der Waals surface area contributed by atoms with Crippen LogP contribution in [-0.4, -0.2) is 22.6 Å². The first-order valence-electron chi connectivity index (χ1n) is 4.20. The summed E-state index contributed by atoms with van der Waals surface area (Å²) in [7, 11) is 3.85. The second-order valence-corrected chi connectivity index (χ2v) is 5.73. The van der Waals surface area contributed by atoms with Crippen LogP contribution in [-0.2, 0) is 14.8 Å². The minimum atomic E-state index is -3.81. The fourth-order valence-corrected chi connectivity index (χ4v) is 2.17. The van der Waals surface area contributed by atoms with Crippen molar-refractivity contribution in [2.45, 2.75) is 5.75 Å². The monoisotopic (exact) mass is 268 g/mol. The molecular weight excluding hydrogens is 259 g/mol. The second kappa shape index (κ2) is 4.88. The molecule has 0 aliphatic rings. The molecule has 0 saturated heterocycles. The maximum absolute atomic E-state index is 13.7. The minimum Gasteiger partial charge on any atom is -0.493 e. The van der Waals surface area contributed by atoms with Crippen LogP contribution in [0.25, 0.3) is 0 Å². The van der Waals surface area contributed by atoms with Crippen molar-refractivity contribution in [3.05, 3.63) is 23.5 Å². The molecule has 0 atom stereocenters. The highest BCUT2D eigenvalue weighted by molar-refractivity contribution is 8.13. The molecule has 0 radical (unpaired) electrons. The van der Waals surface area contributed by atoms with E-state index in [4.69, 9.17) is 20.2 Å². The summed E-state index contributed by atoms with van der Waals surface area (Å²) in [6, 6.07) is 2.70. The minimum absolute atomic E-state index is 0.0624. The number of halogens is 2. The van der Waals surface area contributed by atoms with Gasteiger partial charge in [0.05, 0.1) is 20.0 Å². The Hall–Kier alpha value is -1.01. The van der Waals surface area contributed by atoms with Crippen LogP contribution in [0.2, 0.25) is 0 Å². The lowest BCUT2D eigenvalue weighted by Gasteiger charge is -2.10. The van der Waals surface area contributed by atoms with Gasteiger partial charge in [0.25, 0.3) is 0 Å². The third kappa shape index (κ3) is 2.99. The van der Waals surface area contributed by atoms with Gasteiger partial charge in [0.15, 0.2) is 17.3 Å². The van der Waals surface area contributed by atoms with Gasteiger partial charge in [-0.05, 0) is 6.07 Å². The molecule has 90 valence electrons. The fraction of sp³-hybridized carbons (Fsp3) is 0.333. The van der Waals surface area contributed by atoms with Gasteiger partial charge in [0.1, 0.15) is 0 Å². The largest absolute Gasteiger partial charge is 0.493 e. The summed E-state index contributed by atoms with van der Waals surface area (Å²) in [5, 5.41) is 0. The van der Waals surface area contributed by atoms with Gasteiger partial charge in [0, 0.05) is 16.2 Å². The van der Waals surface area contributed by atoms with Crippen LogP contribution in [0.3, 0.4) is 0 Å². The van der Waals surface area contributed by atoms with Crippen molar-refractivity contribution in [3.8, 4) is 11.5 Å². The third-order valence-corrected chi connectivity index (χ3v) is 2.88. The first-order chi connectivity index (χ1) is 7.39. The van der Waals surface area contributed by atoms with E-state index in [9.17, 15) is 12.8 Å². The predicted molar refractivity (Wildman–Crippen MR) is 58.0 cm³/mol. The zero-order valence-corrected chi connectivity index (χ0v) is 10.2. The van der Waals surface area contributed by atoms with Crippen LogP contribution in [0.15, 0.2) is 12.1 Å². The van der Waals surface area contributed by atoms with Crippen LogP contribution in [0, 0.1) is 5.82 Å². The summed E-state index contributed by atoms with van der Waals surface area (Å²) in [6.45, 7) is 0.